The summed E-state index contributed by atoms with van der Waals surface area (Å²) in [4.78, 5) is 0. The molecule has 1 aliphatic rings. The summed E-state index contributed by atoms with van der Waals surface area (Å²) in [5.74, 6) is 0. The Labute approximate surface area is 202 Å². The van der Waals surface area contributed by atoms with Crippen molar-refractivity contribution in [1.82, 2.24) is 0 Å². The van der Waals surface area contributed by atoms with Crippen LogP contribution in [0, 0.1) is 0 Å². The number of quaternary nitrogens is 1. The molecular formula is C27H28Cl2NP2+. The molecule has 0 aliphatic carbocycles. The van der Waals surface area contributed by atoms with Crippen molar-refractivity contribution in [2.45, 2.75) is 6.42 Å². The van der Waals surface area contributed by atoms with E-state index >= 15 is 0 Å². The van der Waals surface area contributed by atoms with E-state index in [1.54, 1.807) is 0 Å². The zero-order valence-corrected chi connectivity index (χ0v) is 21.4. The van der Waals surface area contributed by atoms with Crippen molar-refractivity contribution in [2.24, 2.45) is 0 Å². The summed E-state index contributed by atoms with van der Waals surface area (Å²) in [5, 5.41) is 5.22. The molecule has 5 heteroatoms. The van der Waals surface area contributed by atoms with E-state index in [1.165, 1.54) is 21.2 Å². The van der Waals surface area contributed by atoms with Gasteiger partial charge in [-0.1, -0.05) is 0 Å². The molecule has 4 aromatic rings. The van der Waals surface area contributed by atoms with Crippen molar-refractivity contribution in [3.63, 3.8) is 0 Å². The summed E-state index contributed by atoms with van der Waals surface area (Å²) in [5.41, 5.74) is 0. The van der Waals surface area contributed by atoms with Gasteiger partial charge in [0, 0.05) is 0 Å². The maximum absolute atomic E-state index is 7.88. The van der Waals surface area contributed by atoms with Crippen LogP contribution in [-0.2, 0) is 0 Å². The fraction of sp³-hybridized carbons (Fsp3) is 0.111. The van der Waals surface area contributed by atoms with Crippen molar-refractivity contribution in [1.29, 1.82) is 0 Å². The first-order chi connectivity index (χ1) is 15.6. The summed E-state index contributed by atoms with van der Waals surface area (Å²) in [6.45, 7) is 0. The van der Waals surface area contributed by atoms with Crippen LogP contribution >= 0.6 is 38.4 Å². The average Bonchev–Trinajstić information content (AvgIpc) is 2.86. The first-order valence-electron chi connectivity index (χ1n) is 11.1. The third-order valence-electron chi connectivity index (χ3n) is 7.04. The van der Waals surface area contributed by atoms with Gasteiger partial charge in [-0.3, -0.25) is 0 Å². The molecule has 0 N–H and O–H groups in total. The Morgan fingerprint density at radius 1 is 0.438 bits per heavy atom. The Bertz CT molecular complexity index is 997. The fourth-order valence-electron chi connectivity index (χ4n) is 5.62. The topological polar surface area (TPSA) is 0 Å². The van der Waals surface area contributed by atoms with E-state index in [1.807, 2.05) is 0 Å². The molecule has 0 amide bonds. The molecule has 5 rings (SSSR count). The number of rotatable bonds is 4. The van der Waals surface area contributed by atoms with Gasteiger partial charge in [0.1, 0.15) is 0 Å². The molecule has 1 fully saturated rings. The van der Waals surface area contributed by atoms with Crippen LogP contribution in [0.1, 0.15) is 6.42 Å². The Hall–Kier alpha value is -1.72. The van der Waals surface area contributed by atoms with Gasteiger partial charge in [0.05, 0.1) is 0 Å². The molecule has 1 nitrogen and oxygen atoms in total. The molecule has 0 unspecified atom stereocenters. The van der Waals surface area contributed by atoms with Crippen LogP contribution in [0.4, 0.5) is 0 Å². The third-order valence-corrected chi connectivity index (χ3v) is 22.0. The van der Waals surface area contributed by atoms with Gasteiger partial charge in [-0.05, 0) is 0 Å². The molecule has 0 spiro atoms. The van der Waals surface area contributed by atoms with Gasteiger partial charge >= 0.3 is 203 Å². The van der Waals surface area contributed by atoms with Gasteiger partial charge in [0.25, 0.3) is 0 Å². The predicted octanol–water partition coefficient (Wildman–Crippen LogP) is 6.15. The standard InChI is InChI=1S/C27H28Cl2NP2/c28-30(29)31(24-14-5-1-6-15-24,25-16-7-2-8-17-25)22-13-23-32(30,26-18-9-3-10-19-26)27-20-11-4-12-21-27/h1-12,14-21,31-32H,13,22-23H2/q+1. The number of halogens is 2. The van der Waals surface area contributed by atoms with E-state index in [-0.39, 0.29) is 3.06 Å². The summed E-state index contributed by atoms with van der Waals surface area (Å²) < 4.78 is 0.0576. The van der Waals surface area contributed by atoms with E-state index < -0.39 is 14.8 Å². The van der Waals surface area contributed by atoms with Gasteiger partial charge in [-0.25, -0.2) is 0 Å². The van der Waals surface area contributed by atoms with Crippen LogP contribution in [0.3, 0.4) is 0 Å². The summed E-state index contributed by atoms with van der Waals surface area (Å²) >= 11 is 15.8. The Balaban J connectivity index is 1.87. The van der Waals surface area contributed by atoms with E-state index in [4.69, 9.17) is 23.6 Å². The molecule has 164 valence electrons. The SMILES string of the molecule is Cl[N+]1(Cl)[PH](c2ccccc2)(c2ccccc2)CCC[PH]1(c1ccccc1)c1ccccc1. The second kappa shape index (κ2) is 8.90. The van der Waals surface area contributed by atoms with Crippen molar-refractivity contribution >= 4 is 59.6 Å². The third kappa shape index (κ3) is 3.27. The summed E-state index contributed by atoms with van der Waals surface area (Å²) in [6.07, 6.45) is 3.18. The normalized spacial score (nSPS) is 20.7. The van der Waals surface area contributed by atoms with E-state index in [0.717, 1.165) is 18.7 Å². The van der Waals surface area contributed by atoms with Crippen LogP contribution in [0.2, 0.25) is 0 Å². The number of benzene rings is 4. The van der Waals surface area contributed by atoms with E-state index in [0.29, 0.717) is 0 Å². The van der Waals surface area contributed by atoms with Gasteiger partial charge < -0.3 is 0 Å². The maximum atomic E-state index is 7.88. The van der Waals surface area contributed by atoms with Crippen LogP contribution < -0.4 is 21.2 Å². The molecule has 0 radical (unpaired) electrons. The van der Waals surface area contributed by atoms with E-state index in [2.05, 4.69) is 121 Å². The Kier molecular flexibility index (Phi) is 6.15. The molecule has 4 aromatic carbocycles. The van der Waals surface area contributed by atoms with Crippen molar-refractivity contribution in [2.75, 3.05) is 12.3 Å². The van der Waals surface area contributed by atoms with Crippen LogP contribution in [-0.4, -0.2) is 15.4 Å². The minimum atomic E-state index is -2.63. The summed E-state index contributed by atoms with van der Waals surface area (Å²) in [7, 11) is -5.27. The van der Waals surface area contributed by atoms with Gasteiger partial charge in [-0.15, -0.1) is 0 Å². The average molecular weight is 499 g/mol. The van der Waals surface area contributed by atoms with Crippen molar-refractivity contribution < 1.29 is 3.06 Å². The number of hydrogen-bond donors (Lipinski definition) is 0. The van der Waals surface area contributed by atoms with Gasteiger partial charge in [0.2, 0.25) is 0 Å². The van der Waals surface area contributed by atoms with Crippen molar-refractivity contribution in [3.05, 3.63) is 121 Å². The zero-order valence-electron chi connectivity index (χ0n) is 17.9. The molecule has 1 heterocycles. The molecule has 32 heavy (non-hydrogen) atoms. The Morgan fingerprint density at radius 2 is 0.688 bits per heavy atom. The van der Waals surface area contributed by atoms with Gasteiger partial charge in [-0.2, -0.15) is 0 Å². The number of nitrogens with zero attached hydrogens (tertiary/aromatic N) is 1. The molecule has 0 atom stereocenters. The minimum absolute atomic E-state index is 0.0576. The Morgan fingerprint density at radius 3 is 0.938 bits per heavy atom. The second-order valence-corrected chi connectivity index (χ2v) is 19.4. The van der Waals surface area contributed by atoms with Crippen LogP contribution in [0.15, 0.2) is 121 Å². The first kappa shape index (κ1) is 22.1. The molecular weight excluding hydrogens is 471 g/mol. The molecule has 0 aromatic heterocycles. The zero-order chi connectivity index (χ0) is 22.1. The summed E-state index contributed by atoms with van der Waals surface area (Å²) in [6, 6.07) is 43.3. The van der Waals surface area contributed by atoms with Gasteiger partial charge in [0.15, 0.2) is 0 Å². The quantitative estimate of drug-likeness (QED) is 0.234. The predicted molar refractivity (Wildman–Crippen MR) is 147 cm³/mol. The second-order valence-electron chi connectivity index (χ2n) is 8.55. The molecule has 1 aliphatic heterocycles. The number of hydrogen-bond acceptors (Lipinski definition) is 0. The van der Waals surface area contributed by atoms with Crippen LogP contribution in [0.5, 0.6) is 0 Å². The van der Waals surface area contributed by atoms with Crippen molar-refractivity contribution in [3.8, 4) is 0 Å². The molecule has 1 saturated heterocycles. The first-order valence-corrected chi connectivity index (χ1v) is 16.1. The molecule has 0 bridgehead atoms. The van der Waals surface area contributed by atoms with E-state index in [9.17, 15) is 0 Å². The fourth-order valence-corrected chi connectivity index (χ4v) is 22.2. The monoisotopic (exact) mass is 498 g/mol. The van der Waals surface area contributed by atoms with Crippen LogP contribution in [0.25, 0.3) is 0 Å². The molecule has 0 saturated carbocycles.